The van der Waals surface area contributed by atoms with Gasteiger partial charge in [0.2, 0.25) is 5.91 Å². The van der Waals surface area contributed by atoms with E-state index in [0.29, 0.717) is 17.1 Å². The number of nitrogens with one attached hydrogen (secondary N) is 1. The summed E-state index contributed by atoms with van der Waals surface area (Å²) < 4.78 is 1.70. The Bertz CT molecular complexity index is 1220. The number of benzene rings is 2. The lowest BCUT2D eigenvalue weighted by Gasteiger charge is -2.40. The number of anilines is 1. The van der Waals surface area contributed by atoms with Gasteiger partial charge in [-0.15, -0.1) is 11.8 Å². The van der Waals surface area contributed by atoms with E-state index in [-0.39, 0.29) is 23.2 Å². The van der Waals surface area contributed by atoms with Gasteiger partial charge in [-0.25, -0.2) is 0 Å². The molecule has 3 aromatic rings. The number of para-hydroxylation sites is 1. The third-order valence-corrected chi connectivity index (χ3v) is 10.4. The van der Waals surface area contributed by atoms with Crippen LogP contribution in [-0.2, 0) is 11.3 Å². The molecule has 3 aliphatic rings. The van der Waals surface area contributed by atoms with E-state index in [1.54, 1.807) is 4.57 Å². The van der Waals surface area contributed by atoms with E-state index in [1.165, 1.54) is 36.2 Å². The summed E-state index contributed by atoms with van der Waals surface area (Å²) in [6, 6.07) is 17.5. The monoisotopic (exact) mass is 482 g/mol. The summed E-state index contributed by atoms with van der Waals surface area (Å²) >= 11 is 9.36. The third kappa shape index (κ3) is 3.44. The molecular formula is C25H23ClN2O2S2. The lowest BCUT2D eigenvalue weighted by Crippen LogP contribution is -2.34. The number of amides is 1. The quantitative estimate of drug-likeness (QED) is 0.507. The Morgan fingerprint density at radius 1 is 1.06 bits per heavy atom. The van der Waals surface area contributed by atoms with Gasteiger partial charge >= 0.3 is 4.87 Å². The molecule has 2 aliphatic carbocycles. The maximum Gasteiger partial charge on any atom is 0.308 e. The van der Waals surface area contributed by atoms with Crippen LogP contribution in [0.4, 0.5) is 5.69 Å². The van der Waals surface area contributed by atoms with Gasteiger partial charge in [-0.1, -0.05) is 53.3 Å². The van der Waals surface area contributed by atoms with Gasteiger partial charge in [0.15, 0.2) is 0 Å². The Kier molecular flexibility index (Phi) is 5.20. The first-order valence-electron chi connectivity index (χ1n) is 11.1. The highest BCUT2D eigenvalue weighted by Gasteiger charge is 2.55. The van der Waals surface area contributed by atoms with Crippen LogP contribution in [0.1, 0.15) is 35.6 Å². The number of fused-ring (bicyclic) bond motifs is 6. The zero-order valence-electron chi connectivity index (χ0n) is 17.4. The average molecular weight is 483 g/mol. The van der Waals surface area contributed by atoms with Crippen LogP contribution in [0.25, 0.3) is 0 Å². The molecule has 1 aliphatic heterocycles. The zero-order valence-corrected chi connectivity index (χ0v) is 19.8. The smallest absolute Gasteiger partial charge is 0.308 e. The number of hydrogen-bond acceptors (Lipinski definition) is 4. The van der Waals surface area contributed by atoms with Crippen LogP contribution in [0.15, 0.2) is 64.4 Å². The van der Waals surface area contributed by atoms with Crippen molar-refractivity contribution in [2.75, 3.05) is 5.32 Å². The fraction of sp³-hybridized carbons (Fsp3) is 0.360. The van der Waals surface area contributed by atoms with Crippen molar-refractivity contribution in [3.63, 3.8) is 0 Å². The van der Waals surface area contributed by atoms with E-state index >= 15 is 0 Å². The molecule has 4 nitrogen and oxygen atoms in total. The topological polar surface area (TPSA) is 51.1 Å². The molecular weight excluding hydrogens is 460 g/mol. The molecule has 0 unspecified atom stereocenters. The van der Waals surface area contributed by atoms with Gasteiger partial charge in [0, 0.05) is 26.8 Å². The zero-order chi connectivity index (χ0) is 21.8. The number of nitrogens with zero attached hydrogens (tertiary/aromatic N) is 1. The van der Waals surface area contributed by atoms with Crippen molar-refractivity contribution >= 4 is 46.3 Å². The summed E-state index contributed by atoms with van der Waals surface area (Å²) in [6.07, 6.45) is 3.87. The molecule has 164 valence electrons. The predicted octanol–water partition coefficient (Wildman–Crippen LogP) is 5.85. The second-order valence-electron chi connectivity index (χ2n) is 9.06. The van der Waals surface area contributed by atoms with Crippen molar-refractivity contribution in [3.8, 4) is 0 Å². The van der Waals surface area contributed by atoms with E-state index in [9.17, 15) is 9.59 Å². The Balaban J connectivity index is 1.38. The van der Waals surface area contributed by atoms with Gasteiger partial charge in [0.05, 0.1) is 5.03 Å². The molecule has 2 heterocycles. The largest absolute Gasteiger partial charge is 0.325 e. The minimum absolute atomic E-state index is 0.0444. The summed E-state index contributed by atoms with van der Waals surface area (Å²) in [5, 5.41) is 5.16. The van der Waals surface area contributed by atoms with Crippen LogP contribution >= 0.6 is 34.7 Å². The minimum Gasteiger partial charge on any atom is -0.325 e. The molecule has 32 heavy (non-hydrogen) atoms. The number of aromatic nitrogens is 1. The average Bonchev–Trinajstić information content (AvgIpc) is 3.48. The van der Waals surface area contributed by atoms with Gasteiger partial charge in [-0.05, 0) is 66.8 Å². The van der Waals surface area contributed by atoms with Crippen LogP contribution in [0, 0.1) is 17.8 Å². The number of rotatable bonds is 4. The third-order valence-electron chi connectivity index (χ3n) is 7.28. The summed E-state index contributed by atoms with van der Waals surface area (Å²) in [5.74, 6) is 2.02. The van der Waals surface area contributed by atoms with Crippen LogP contribution in [0.2, 0.25) is 5.02 Å². The second-order valence-corrected chi connectivity index (χ2v) is 11.7. The lowest BCUT2D eigenvalue weighted by atomic mass is 9.75. The first-order chi connectivity index (χ1) is 15.6. The molecule has 0 radical (unpaired) electrons. The molecule has 5 atom stereocenters. The maximum absolute atomic E-state index is 13.1. The normalized spacial score (nSPS) is 27.7. The van der Waals surface area contributed by atoms with E-state index in [2.05, 4.69) is 17.4 Å². The highest BCUT2D eigenvalue weighted by Crippen LogP contribution is 2.64. The molecule has 7 heteroatoms. The molecule has 0 spiro atoms. The van der Waals surface area contributed by atoms with Crippen molar-refractivity contribution < 1.29 is 4.79 Å². The summed E-state index contributed by atoms with van der Waals surface area (Å²) in [4.78, 5) is 26.9. The standard InChI is InChI=1S/C25H23ClN2O2S2/c26-17-10-8-14(9-11-17)20-21-15-6-7-16(12-15)22(21)31-24-23(20)32-25(30)28(24)13-19(29)27-18-4-2-1-3-5-18/h1-5,8-11,15-16,20-22H,6-7,12-13H2,(H,27,29)/t15-,16-,20-,21+,22+/m0/s1. The number of thioether (sulfide) groups is 1. The maximum atomic E-state index is 13.1. The molecule has 2 bridgehead atoms. The number of thiazole rings is 1. The molecule has 2 aromatic carbocycles. The summed E-state index contributed by atoms with van der Waals surface area (Å²) in [7, 11) is 0. The number of carbonyl (C=O) groups excluding carboxylic acids is 1. The van der Waals surface area contributed by atoms with Crippen molar-refractivity contribution in [1.82, 2.24) is 4.57 Å². The van der Waals surface area contributed by atoms with E-state index in [4.69, 9.17) is 11.6 Å². The molecule has 2 saturated carbocycles. The van der Waals surface area contributed by atoms with E-state index < -0.39 is 0 Å². The summed E-state index contributed by atoms with van der Waals surface area (Å²) in [5.41, 5.74) is 1.98. The fourth-order valence-electron chi connectivity index (χ4n) is 6.00. The summed E-state index contributed by atoms with van der Waals surface area (Å²) in [6.45, 7) is 0.0470. The van der Waals surface area contributed by atoms with Gasteiger partial charge in [0.1, 0.15) is 6.54 Å². The van der Waals surface area contributed by atoms with Crippen molar-refractivity contribution in [2.24, 2.45) is 17.8 Å². The van der Waals surface area contributed by atoms with E-state index in [0.717, 1.165) is 26.5 Å². The molecule has 2 fully saturated rings. The molecule has 1 N–H and O–H groups in total. The second kappa shape index (κ2) is 8.08. The number of carbonyl (C=O) groups is 1. The predicted molar refractivity (Wildman–Crippen MR) is 131 cm³/mol. The Morgan fingerprint density at radius 2 is 1.81 bits per heavy atom. The van der Waals surface area contributed by atoms with Crippen molar-refractivity contribution in [1.29, 1.82) is 0 Å². The minimum atomic E-state index is -0.169. The van der Waals surface area contributed by atoms with Crippen LogP contribution < -0.4 is 10.2 Å². The molecule has 0 saturated heterocycles. The Labute approximate surface area is 200 Å². The van der Waals surface area contributed by atoms with Crippen molar-refractivity contribution in [2.45, 2.75) is 42.0 Å². The lowest BCUT2D eigenvalue weighted by molar-refractivity contribution is -0.116. The fourth-order valence-corrected chi connectivity index (χ4v) is 9.27. The first kappa shape index (κ1) is 20.6. The highest BCUT2D eigenvalue weighted by atomic mass is 35.5. The Morgan fingerprint density at radius 3 is 2.59 bits per heavy atom. The van der Waals surface area contributed by atoms with Crippen LogP contribution in [-0.4, -0.2) is 15.7 Å². The van der Waals surface area contributed by atoms with Gasteiger partial charge < -0.3 is 5.32 Å². The molecule has 6 rings (SSSR count). The highest BCUT2D eigenvalue weighted by molar-refractivity contribution is 8.00. The SMILES string of the molecule is O=C(Cn1c2c(sc1=O)[C@@H](c1ccc(Cl)cc1)[C@H]1[C@H]3CC[C@@H](C3)[C@H]1S2)Nc1ccccc1. The number of hydrogen-bond donors (Lipinski definition) is 1. The molecule has 1 amide bonds. The van der Waals surface area contributed by atoms with Gasteiger partial charge in [-0.3, -0.25) is 14.2 Å². The van der Waals surface area contributed by atoms with Crippen LogP contribution in [0.5, 0.6) is 0 Å². The van der Waals surface area contributed by atoms with Gasteiger partial charge in [0.25, 0.3) is 0 Å². The Hall–Kier alpha value is -2.02. The van der Waals surface area contributed by atoms with Crippen LogP contribution in [0.3, 0.4) is 0 Å². The van der Waals surface area contributed by atoms with Crippen molar-refractivity contribution in [3.05, 3.63) is 79.7 Å². The first-order valence-corrected chi connectivity index (χ1v) is 13.2. The van der Waals surface area contributed by atoms with Gasteiger partial charge in [-0.2, -0.15) is 0 Å². The molecule has 1 aromatic heterocycles. The van der Waals surface area contributed by atoms with E-state index in [1.807, 2.05) is 54.2 Å². The number of halogens is 1.